The van der Waals surface area contributed by atoms with Crippen LogP contribution in [-0.4, -0.2) is 30.0 Å². The minimum Gasteiger partial charge on any atom is -0.381 e. The van der Waals surface area contributed by atoms with E-state index in [9.17, 15) is 17.6 Å². The van der Waals surface area contributed by atoms with E-state index in [1.807, 2.05) is 0 Å². The third kappa shape index (κ3) is 4.03. The highest BCUT2D eigenvalue weighted by Gasteiger charge is 2.28. The lowest BCUT2D eigenvalue weighted by atomic mass is 10.1. The summed E-state index contributed by atoms with van der Waals surface area (Å²) in [6, 6.07) is 4.67. The van der Waals surface area contributed by atoms with Gasteiger partial charge in [-0.15, -0.1) is 0 Å². The molecule has 1 aromatic heterocycles. The molecular weight excluding hydrogens is 312 g/mol. The molecule has 0 spiro atoms. The van der Waals surface area contributed by atoms with Gasteiger partial charge in [-0.25, -0.2) is 4.39 Å². The van der Waals surface area contributed by atoms with Gasteiger partial charge in [-0.05, 0) is 31.0 Å². The molecule has 1 N–H and O–H groups in total. The Balaban J connectivity index is 1.76. The molecule has 1 saturated heterocycles. The molecule has 0 unspecified atom stereocenters. The van der Waals surface area contributed by atoms with E-state index >= 15 is 0 Å². The Morgan fingerprint density at radius 3 is 2.65 bits per heavy atom. The molecule has 1 fully saturated rings. The van der Waals surface area contributed by atoms with Crippen LogP contribution < -0.4 is 5.32 Å². The smallest absolute Gasteiger partial charge is 0.381 e. The van der Waals surface area contributed by atoms with Gasteiger partial charge in [-0.3, -0.25) is 0 Å². The summed E-state index contributed by atoms with van der Waals surface area (Å²) >= 11 is 0. The summed E-state index contributed by atoms with van der Waals surface area (Å²) in [4.78, 5) is 0. The molecule has 1 aliphatic rings. The van der Waals surface area contributed by atoms with Gasteiger partial charge >= 0.3 is 6.18 Å². The average molecular weight is 330 g/mol. The number of ether oxygens (including phenoxy) is 1. The lowest BCUT2D eigenvalue weighted by Gasteiger charge is -2.23. The van der Waals surface area contributed by atoms with Crippen molar-refractivity contribution in [3.05, 3.63) is 35.8 Å². The van der Waals surface area contributed by atoms with Crippen molar-refractivity contribution in [2.24, 2.45) is 0 Å². The summed E-state index contributed by atoms with van der Waals surface area (Å²) in [6.45, 7) is 0.630. The summed E-state index contributed by atoms with van der Waals surface area (Å²) in [5.41, 5.74) is 0.725. The molecule has 2 heterocycles. The van der Waals surface area contributed by atoms with Gasteiger partial charge in [0.1, 0.15) is 12.4 Å². The molecule has 0 bridgehead atoms. The first-order chi connectivity index (χ1) is 10.9. The zero-order valence-electron chi connectivity index (χ0n) is 12.5. The van der Waals surface area contributed by atoms with Gasteiger partial charge < -0.3 is 14.6 Å². The largest absolute Gasteiger partial charge is 0.406 e. The van der Waals surface area contributed by atoms with Crippen LogP contribution in [0.15, 0.2) is 24.4 Å². The number of nitrogens with one attached hydrogen (secondary N) is 1. The van der Waals surface area contributed by atoms with Crippen molar-refractivity contribution in [3.8, 4) is 0 Å². The quantitative estimate of drug-likeness (QED) is 0.867. The second kappa shape index (κ2) is 6.49. The Morgan fingerprint density at radius 2 is 1.96 bits per heavy atom. The number of fused-ring (bicyclic) bond motifs is 1. The van der Waals surface area contributed by atoms with Gasteiger partial charge in [0.15, 0.2) is 0 Å². The summed E-state index contributed by atoms with van der Waals surface area (Å²) in [5, 5.41) is 3.89. The number of nitrogens with zero attached hydrogens (tertiary/aromatic N) is 1. The summed E-state index contributed by atoms with van der Waals surface area (Å²) in [5.74, 6) is -0.487. The fourth-order valence-corrected chi connectivity index (χ4v) is 2.88. The Bertz CT molecular complexity index is 675. The number of halogens is 4. The maximum absolute atomic E-state index is 14.2. The molecule has 1 aromatic carbocycles. The van der Waals surface area contributed by atoms with Crippen LogP contribution in [-0.2, 0) is 17.8 Å². The average Bonchev–Trinajstić information content (AvgIpc) is 2.86. The van der Waals surface area contributed by atoms with E-state index in [1.54, 1.807) is 12.1 Å². The molecule has 3 rings (SSSR count). The van der Waals surface area contributed by atoms with Crippen LogP contribution in [0.4, 0.5) is 17.6 Å². The van der Waals surface area contributed by atoms with E-state index in [4.69, 9.17) is 4.74 Å². The molecule has 7 heteroatoms. The van der Waals surface area contributed by atoms with Crippen molar-refractivity contribution in [2.45, 2.75) is 38.1 Å². The topological polar surface area (TPSA) is 26.2 Å². The Labute approximate surface area is 131 Å². The predicted octanol–water partition coefficient (Wildman–Crippen LogP) is 3.61. The van der Waals surface area contributed by atoms with Crippen molar-refractivity contribution in [3.63, 3.8) is 0 Å². The fourth-order valence-electron chi connectivity index (χ4n) is 2.88. The summed E-state index contributed by atoms with van der Waals surface area (Å²) < 4.78 is 58.0. The summed E-state index contributed by atoms with van der Waals surface area (Å²) in [6.07, 6.45) is -1.23. The van der Waals surface area contributed by atoms with Gasteiger partial charge in [0.25, 0.3) is 0 Å². The van der Waals surface area contributed by atoms with Crippen LogP contribution in [0.2, 0.25) is 0 Å². The lowest BCUT2D eigenvalue weighted by Crippen LogP contribution is -2.34. The van der Waals surface area contributed by atoms with Crippen LogP contribution in [0.1, 0.15) is 18.4 Å². The second-order valence-corrected chi connectivity index (χ2v) is 5.83. The number of hydrogen-bond acceptors (Lipinski definition) is 2. The predicted molar refractivity (Wildman–Crippen MR) is 78.6 cm³/mol. The molecule has 1 aliphatic heterocycles. The lowest BCUT2D eigenvalue weighted by molar-refractivity contribution is -0.139. The van der Waals surface area contributed by atoms with Gasteiger partial charge in [0.2, 0.25) is 0 Å². The minimum atomic E-state index is -4.33. The van der Waals surface area contributed by atoms with Crippen LogP contribution in [0.3, 0.4) is 0 Å². The first-order valence-corrected chi connectivity index (χ1v) is 7.57. The van der Waals surface area contributed by atoms with E-state index in [0.717, 1.165) is 17.4 Å². The van der Waals surface area contributed by atoms with Gasteiger partial charge in [0, 0.05) is 42.9 Å². The molecule has 0 radical (unpaired) electrons. The number of benzene rings is 1. The molecule has 23 heavy (non-hydrogen) atoms. The van der Waals surface area contributed by atoms with Gasteiger partial charge in [-0.2, -0.15) is 13.2 Å². The summed E-state index contributed by atoms with van der Waals surface area (Å²) in [7, 11) is 0. The molecule has 0 atom stereocenters. The van der Waals surface area contributed by atoms with Crippen molar-refractivity contribution < 1.29 is 22.3 Å². The first-order valence-electron chi connectivity index (χ1n) is 7.57. The maximum Gasteiger partial charge on any atom is 0.406 e. The number of rotatable bonds is 4. The van der Waals surface area contributed by atoms with E-state index < -0.39 is 18.5 Å². The van der Waals surface area contributed by atoms with Crippen LogP contribution in [0, 0.1) is 5.82 Å². The third-order valence-corrected chi connectivity index (χ3v) is 4.09. The molecular formula is C16H18F4N2O. The zero-order valence-corrected chi connectivity index (χ0v) is 12.5. The third-order valence-electron chi connectivity index (χ3n) is 4.09. The minimum absolute atomic E-state index is 0.259. The van der Waals surface area contributed by atoms with E-state index in [-0.39, 0.29) is 11.6 Å². The number of aromatic nitrogens is 1. The molecule has 2 aromatic rings. The van der Waals surface area contributed by atoms with Crippen LogP contribution in [0.5, 0.6) is 0 Å². The van der Waals surface area contributed by atoms with Crippen molar-refractivity contribution in [1.29, 1.82) is 0 Å². The number of alkyl halides is 3. The van der Waals surface area contributed by atoms with Crippen molar-refractivity contribution >= 4 is 10.9 Å². The zero-order chi connectivity index (χ0) is 16.4. The second-order valence-electron chi connectivity index (χ2n) is 5.83. The fraction of sp³-hybridized carbons (Fsp3) is 0.500. The molecule has 0 saturated carbocycles. The van der Waals surface area contributed by atoms with E-state index in [2.05, 4.69) is 5.32 Å². The number of hydrogen-bond donors (Lipinski definition) is 1. The first kappa shape index (κ1) is 16.3. The Hall–Kier alpha value is -1.60. The molecule has 3 nitrogen and oxygen atoms in total. The standard InChI is InChI=1S/C16H18F4N2O/c17-14-8-15-11(1-4-22(15)10-16(18,19)20)7-12(14)9-21-13-2-5-23-6-3-13/h1,4,7-8,13,21H,2-3,5-6,9-10H2. The Morgan fingerprint density at radius 1 is 1.22 bits per heavy atom. The Kier molecular flexibility index (Phi) is 4.59. The monoisotopic (exact) mass is 330 g/mol. The highest BCUT2D eigenvalue weighted by atomic mass is 19.4. The maximum atomic E-state index is 14.2. The van der Waals surface area contributed by atoms with Crippen molar-refractivity contribution in [2.75, 3.05) is 13.2 Å². The highest BCUT2D eigenvalue weighted by molar-refractivity contribution is 5.81. The van der Waals surface area contributed by atoms with Gasteiger partial charge in [-0.1, -0.05) is 0 Å². The van der Waals surface area contributed by atoms with Gasteiger partial charge in [0.05, 0.1) is 5.52 Å². The van der Waals surface area contributed by atoms with E-state index in [0.29, 0.717) is 30.7 Å². The van der Waals surface area contributed by atoms with Crippen molar-refractivity contribution in [1.82, 2.24) is 9.88 Å². The van der Waals surface area contributed by atoms with Crippen LogP contribution in [0.25, 0.3) is 10.9 Å². The normalized spacial score (nSPS) is 17.0. The highest BCUT2D eigenvalue weighted by Crippen LogP contribution is 2.25. The molecule has 126 valence electrons. The SMILES string of the molecule is Fc1cc2c(ccn2CC(F)(F)F)cc1CNC1CCOCC1. The molecule has 0 amide bonds. The molecule has 0 aliphatic carbocycles. The van der Waals surface area contributed by atoms with Crippen LogP contribution >= 0.6 is 0 Å². The van der Waals surface area contributed by atoms with E-state index in [1.165, 1.54) is 12.3 Å².